The Bertz CT molecular complexity index is 715. The van der Waals surface area contributed by atoms with Crippen molar-refractivity contribution in [3.63, 3.8) is 0 Å². The third-order valence-electron chi connectivity index (χ3n) is 5.96. The van der Waals surface area contributed by atoms with E-state index < -0.39 is 0 Å². The molecule has 3 rings (SSSR count). The number of imide groups is 1. The van der Waals surface area contributed by atoms with Gasteiger partial charge in [0, 0.05) is 12.0 Å². The first-order valence-corrected chi connectivity index (χ1v) is 11.5. The Morgan fingerprint density at radius 3 is 2.73 bits per heavy atom. The zero-order chi connectivity index (χ0) is 21.4. The van der Waals surface area contributed by atoms with Crippen molar-refractivity contribution in [1.29, 1.82) is 0 Å². The van der Waals surface area contributed by atoms with Crippen LogP contribution in [0.25, 0.3) is 0 Å². The van der Waals surface area contributed by atoms with Gasteiger partial charge in [0.25, 0.3) is 0 Å². The molecule has 6 heteroatoms. The Hall–Kier alpha value is -1.92. The molecule has 1 aliphatic carbocycles. The Labute approximate surface area is 180 Å². The summed E-state index contributed by atoms with van der Waals surface area (Å²) in [5, 5.41) is 9.34. The maximum Gasteiger partial charge on any atom is 0.243 e. The fraction of sp³-hybridized carbons (Fsp3) is 0.667. The van der Waals surface area contributed by atoms with Gasteiger partial charge in [-0.2, -0.15) is 0 Å². The summed E-state index contributed by atoms with van der Waals surface area (Å²) in [5.74, 6) is 1.41. The quantitative estimate of drug-likeness (QED) is 0.341. The van der Waals surface area contributed by atoms with Crippen LogP contribution in [0, 0.1) is 5.92 Å². The van der Waals surface area contributed by atoms with Crippen LogP contribution in [0.3, 0.4) is 0 Å². The van der Waals surface area contributed by atoms with Gasteiger partial charge in [-0.25, -0.2) is 0 Å². The van der Waals surface area contributed by atoms with Crippen LogP contribution in [-0.2, 0) is 16.0 Å². The summed E-state index contributed by atoms with van der Waals surface area (Å²) in [6.45, 7) is 7.09. The second-order valence-corrected chi connectivity index (χ2v) is 9.38. The molecular formula is C24H37N3O3. The van der Waals surface area contributed by atoms with Gasteiger partial charge in [-0.3, -0.25) is 14.9 Å². The Morgan fingerprint density at radius 2 is 1.97 bits per heavy atom. The number of hydrogen-bond acceptors (Lipinski definition) is 5. The summed E-state index contributed by atoms with van der Waals surface area (Å²) in [4.78, 5) is 22.9. The van der Waals surface area contributed by atoms with Crippen LogP contribution in [0.4, 0.5) is 0 Å². The molecule has 1 aromatic carbocycles. The van der Waals surface area contributed by atoms with E-state index in [9.17, 15) is 9.59 Å². The maximum atomic E-state index is 11.7. The molecule has 2 amide bonds. The highest BCUT2D eigenvalue weighted by atomic mass is 16.5. The highest BCUT2D eigenvalue weighted by molar-refractivity contribution is 6.00. The van der Waals surface area contributed by atoms with Gasteiger partial charge in [-0.15, -0.1) is 0 Å². The number of carbonyl (C=O) groups excluding carboxylic acids is 2. The van der Waals surface area contributed by atoms with E-state index in [0.717, 1.165) is 57.0 Å². The van der Waals surface area contributed by atoms with E-state index in [0.29, 0.717) is 12.8 Å². The lowest BCUT2D eigenvalue weighted by atomic mass is 9.96. The number of piperidine rings is 1. The summed E-state index contributed by atoms with van der Waals surface area (Å²) in [5.41, 5.74) is 1.38. The van der Waals surface area contributed by atoms with Gasteiger partial charge in [0.15, 0.2) is 0 Å². The molecule has 1 atom stereocenters. The van der Waals surface area contributed by atoms with Crippen LogP contribution in [-0.4, -0.2) is 43.1 Å². The van der Waals surface area contributed by atoms with Crippen LogP contribution >= 0.6 is 0 Å². The molecule has 1 saturated heterocycles. The van der Waals surface area contributed by atoms with E-state index in [1.807, 2.05) is 6.07 Å². The Morgan fingerprint density at radius 1 is 1.13 bits per heavy atom. The Kier molecular flexibility index (Phi) is 8.28. The first kappa shape index (κ1) is 22.8. The molecule has 1 aromatic rings. The van der Waals surface area contributed by atoms with Crippen molar-refractivity contribution in [1.82, 2.24) is 16.0 Å². The van der Waals surface area contributed by atoms with Crippen molar-refractivity contribution < 1.29 is 14.3 Å². The molecule has 1 aliphatic heterocycles. The number of ether oxygens (including phenoxy) is 1. The van der Waals surface area contributed by atoms with Crippen molar-refractivity contribution in [2.45, 2.75) is 76.8 Å². The third-order valence-corrected chi connectivity index (χ3v) is 5.96. The second kappa shape index (κ2) is 10.9. The topological polar surface area (TPSA) is 79.5 Å². The fourth-order valence-corrected chi connectivity index (χ4v) is 3.78. The smallest absolute Gasteiger partial charge is 0.243 e. The highest BCUT2D eigenvalue weighted by Crippen LogP contribution is 2.29. The van der Waals surface area contributed by atoms with Gasteiger partial charge >= 0.3 is 0 Å². The van der Waals surface area contributed by atoms with E-state index in [4.69, 9.17) is 4.74 Å². The standard InChI is InChI=1S/C24H37N3O3/c1-24(2,13-3-4-14-25-21-10-11-22(28)27-23(21)29)26-15-12-18-6-5-7-20(16-18)30-17-19-8-9-19/h5-7,16,19,21,25-26H,3-4,8-15,17H2,1-2H3,(H,27,28,29). The minimum absolute atomic E-state index is 0.0781. The largest absolute Gasteiger partial charge is 0.493 e. The monoisotopic (exact) mass is 415 g/mol. The predicted octanol–water partition coefficient (Wildman–Crippen LogP) is 2.95. The molecule has 0 aromatic heterocycles. The first-order valence-electron chi connectivity index (χ1n) is 11.5. The summed E-state index contributed by atoms with van der Waals surface area (Å²) in [7, 11) is 0. The molecule has 6 nitrogen and oxygen atoms in total. The number of rotatable bonds is 13. The zero-order valence-electron chi connectivity index (χ0n) is 18.5. The van der Waals surface area contributed by atoms with Gasteiger partial charge in [0.05, 0.1) is 12.6 Å². The molecule has 3 N–H and O–H groups in total. The SMILES string of the molecule is CC(C)(CCCCNC1CCC(=O)NC1=O)NCCc1cccc(OCC2CC2)c1. The summed E-state index contributed by atoms with van der Waals surface area (Å²) < 4.78 is 5.88. The maximum absolute atomic E-state index is 11.7. The Balaban J connectivity index is 1.27. The zero-order valence-corrected chi connectivity index (χ0v) is 18.5. The average Bonchev–Trinajstić information content (AvgIpc) is 3.52. The summed E-state index contributed by atoms with van der Waals surface area (Å²) >= 11 is 0. The number of nitrogens with one attached hydrogen (secondary N) is 3. The van der Waals surface area contributed by atoms with Gasteiger partial charge in [-0.1, -0.05) is 18.6 Å². The number of unbranched alkanes of at least 4 members (excludes halogenated alkanes) is 1. The van der Waals surface area contributed by atoms with E-state index in [1.165, 1.54) is 18.4 Å². The lowest BCUT2D eigenvalue weighted by Gasteiger charge is -2.27. The summed E-state index contributed by atoms with van der Waals surface area (Å²) in [6, 6.07) is 8.24. The minimum Gasteiger partial charge on any atom is -0.493 e. The lowest BCUT2D eigenvalue weighted by molar-refractivity contribution is -0.134. The fourth-order valence-electron chi connectivity index (χ4n) is 3.78. The molecular weight excluding hydrogens is 378 g/mol. The molecule has 0 spiro atoms. The molecule has 1 heterocycles. The van der Waals surface area contributed by atoms with Crippen molar-refractivity contribution in [2.24, 2.45) is 5.92 Å². The molecule has 30 heavy (non-hydrogen) atoms. The van der Waals surface area contributed by atoms with Gasteiger partial charge in [0.1, 0.15) is 5.75 Å². The molecule has 2 fully saturated rings. The van der Waals surface area contributed by atoms with Crippen molar-refractivity contribution in [3.05, 3.63) is 29.8 Å². The molecule has 2 aliphatic rings. The van der Waals surface area contributed by atoms with Crippen LogP contribution in [0.15, 0.2) is 24.3 Å². The summed E-state index contributed by atoms with van der Waals surface area (Å²) in [6.07, 6.45) is 7.82. The predicted molar refractivity (Wildman–Crippen MR) is 118 cm³/mol. The van der Waals surface area contributed by atoms with Gasteiger partial charge < -0.3 is 15.4 Å². The van der Waals surface area contributed by atoms with Crippen LogP contribution in [0.2, 0.25) is 0 Å². The normalized spacial score (nSPS) is 19.6. The van der Waals surface area contributed by atoms with E-state index >= 15 is 0 Å². The number of benzene rings is 1. The number of hydrogen-bond donors (Lipinski definition) is 3. The van der Waals surface area contributed by atoms with Crippen LogP contribution in [0.1, 0.15) is 64.4 Å². The second-order valence-electron chi connectivity index (χ2n) is 9.38. The van der Waals surface area contributed by atoms with Crippen LogP contribution < -0.4 is 20.7 Å². The average molecular weight is 416 g/mol. The number of amides is 2. The molecule has 0 radical (unpaired) electrons. The van der Waals surface area contributed by atoms with Crippen LogP contribution in [0.5, 0.6) is 5.75 Å². The molecule has 1 unspecified atom stereocenters. The number of carbonyl (C=O) groups is 2. The van der Waals surface area contributed by atoms with Crippen molar-refractivity contribution in [2.75, 3.05) is 19.7 Å². The van der Waals surface area contributed by atoms with Gasteiger partial charge in [0.2, 0.25) is 11.8 Å². The van der Waals surface area contributed by atoms with Crippen molar-refractivity contribution in [3.8, 4) is 5.75 Å². The lowest BCUT2D eigenvalue weighted by Crippen LogP contribution is -2.50. The van der Waals surface area contributed by atoms with E-state index in [2.05, 4.69) is 48.0 Å². The molecule has 0 bridgehead atoms. The highest BCUT2D eigenvalue weighted by Gasteiger charge is 2.25. The third kappa shape index (κ3) is 8.07. The van der Waals surface area contributed by atoms with E-state index in [1.54, 1.807) is 0 Å². The molecule has 1 saturated carbocycles. The van der Waals surface area contributed by atoms with Crippen molar-refractivity contribution >= 4 is 11.8 Å². The molecule has 166 valence electrons. The van der Waals surface area contributed by atoms with E-state index in [-0.39, 0.29) is 23.4 Å². The minimum atomic E-state index is -0.224. The van der Waals surface area contributed by atoms with Gasteiger partial charge in [-0.05, 0) is 89.1 Å². The first-order chi connectivity index (χ1) is 14.4.